The number of nitrogens with one attached hydrogen (secondary N) is 1. The summed E-state index contributed by atoms with van der Waals surface area (Å²) >= 11 is 0. The second kappa shape index (κ2) is 12.5. The molecular formula is C31H39N3O4S. The van der Waals surface area contributed by atoms with Crippen molar-refractivity contribution in [2.24, 2.45) is 0 Å². The van der Waals surface area contributed by atoms with Gasteiger partial charge in [0.25, 0.3) is 10.0 Å². The van der Waals surface area contributed by atoms with Crippen LogP contribution in [0.5, 0.6) is 0 Å². The first-order valence-electron chi connectivity index (χ1n) is 13.1. The van der Waals surface area contributed by atoms with Gasteiger partial charge in [-0.2, -0.15) is 0 Å². The third-order valence-corrected chi connectivity index (χ3v) is 7.97. The molecule has 0 bridgehead atoms. The Kier molecular flexibility index (Phi) is 9.56. The van der Waals surface area contributed by atoms with Crippen LogP contribution in [0.4, 0.5) is 5.69 Å². The molecule has 0 aliphatic carbocycles. The lowest BCUT2D eigenvalue weighted by Gasteiger charge is -2.35. The van der Waals surface area contributed by atoms with Gasteiger partial charge in [0, 0.05) is 12.1 Å². The van der Waals surface area contributed by atoms with Crippen molar-refractivity contribution < 1.29 is 18.0 Å². The zero-order valence-corrected chi connectivity index (χ0v) is 24.5. The van der Waals surface area contributed by atoms with Gasteiger partial charge in [0.1, 0.15) is 12.6 Å². The average Bonchev–Trinajstić information content (AvgIpc) is 2.86. The number of anilines is 1. The molecule has 3 rings (SSSR count). The molecular weight excluding hydrogens is 510 g/mol. The number of carbonyl (C=O) groups excluding carboxylic acids is 2. The first-order valence-corrected chi connectivity index (χ1v) is 14.6. The number of hydrogen-bond acceptors (Lipinski definition) is 4. The minimum Gasteiger partial charge on any atom is -0.350 e. The lowest BCUT2D eigenvalue weighted by molar-refractivity contribution is -0.141. The van der Waals surface area contributed by atoms with Gasteiger partial charge >= 0.3 is 0 Å². The molecule has 0 radical (unpaired) electrons. The molecule has 0 aliphatic heterocycles. The van der Waals surface area contributed by atoms with Gasteiger partial charge in [-0.15, -0.1) is 0 Å². The fraction of sp³-hybridized carbons (Fsp3) is 0.355. The highest BCUT2D eigenvalue weighted by Gasteiger charge is 2.34. The summed E-state index contributed by atoms with van der Waals surface area (Å²) in [6.07, 6.45) is 0.371. The molecule has 0 heterocycles. The predicted molar refractivity (Wildman–Crippen MR) is 156 cm³/mol. The van der Waals surface area contributed by atoms with Gasteiger partial charge in [0.2, 0.25) is 11.8 Å². The maximum atomic E-state index is 14.1. The van der Waals surface area contributed by atoms with Gasteiger partial charge in [0.15, 0.2) is 0 Å². The van der Waals surface area contributed by atoms with E-state index in [2.05, 4.69) is 5.32 Å². The monoisotopic (exact) mass is 549 g/mol. The number of rotatable bonds is 10. The zero-order chi connectivity index (χ0) is 28.8. The molecule has 2 amide bonds. The van der Waals surface area contributed by atoms with Gasteiger partial charge in [-0.3, -0.25) is 13.9 Å². The quantitative estimate of drug-likeness (QED) is 0.376. The Morgan fingerprint density at radius 3 is 1.92 bits per heavy atom. The summed E-state index contributed by atoms with van der Waals surface area (Å²) in [4.78, 5) is 29.0. The fourth-order valence-electron chi connectivity index (χ4n) is 4.50. The highest BCUT2D eigenvalue weighted by atomic mass is 32.2. The largest absolute Gasteiger partial charge is 0.350 e. The van der Waals surface area contributed by atoms with Crippen molar-refractivity contribution in [3.63, 3.8) is 0 Å². The van der Waals surface area contributed by atoms with E-state index in [1.165, 1.54) is 17.0 Å². The maximum absolute atomic E-state index is 14.1. The van der Waals surface area contributed by atoms with Crippen molar-refractivity contribution in [3.8, 4) is 0 Å². The topological polar surface area (TPSA) is 86.8 Å². The van der Waals surface area contributed by atoms with Crippen molar-refractivity contribution in [2.75, 3.05) is 10.8 Å². The van der Waals surface area contributed by atoms with Crippen LogP contribution in [0.1, 0.15) is 50.8 Å². The molecule has 0 saturated heterocycles. The van der Waals surface area contributed by atoms with Crippen LogP contribution in [0.2, 0.25) is 0 Å². The Morgan fingerprint density at radius 2 is 1.41 bits per heavy atom. The third-order valence-electron chi connectivity index (χ3n) is 6.18. The first-order chi connectivity index (χ1) is 18.3. The van der Waals surface area contributed by atoms with Crippen molar-refractivity contribution in [1.82, 2.24) is 10.2 Å². The second-order valence-corrected chi connectivity index (χ2v) is 12.7. The highest BCUT2D eigenvalue weighted by Crippen LogP contribution is 2.27. The van der Waals surface area contributed by atoms with Crippen molar-refractivity contribution in [1.29, 1.82) is 0 Å². The number of hydrogen-bond donors (Lipinski definition) is 1. The molecule has 1 unspecified atom stereocenters. The smallest absolute Gasteiger partial charge is 0.264 e. The van der Waals surface area contributed by atoms with Gasteiger partial charge in [-0.1, -0.05) is 61.5 Å². The normalized spacial score (nSPS) is 12.5. The molecule has 8 heteroatoms. The summed E-state index contributed by atoms with van der Waals surface area (Å²) in [7, 11) is -4.09. The van der Waals surface area contributed by atoms with E-state index in [1.807, 2.05) is 77.9 Å². The van der Waals surface area contributed by atoms with Gasteiger partial charge in [-0.05, 0) is 82.0 Å². The molecule has 0 aromatic heterocycles. The summed E-state index contributed by atoms with van der Waals surface area (Å²) in [6.45, 7) is 11.0. The standard InChI is InChI=1S/C31H39N3O4S/c1-7-28(30(36)32-31(4,5)6)33(21-25-14-10-8-11-15-25)29(35)22-34(26-19-23(2)18-24(3)20-26)39(37,38)27-16-12-9-13-17-27/h8-20,28H,7,21-22H2,1-6H3,(H,32,36). The predicted octanol–water partition coefficient (Wildman–Crippen LogP) is 5.22. The van der Waals surface area contributed by atoms with E-state index in [0.29, 0.717) is 12.1 Å². The molecule has 0 aliphatic rings. The third kappa shape index (κ3) is 7.93. The minimum absolute atomic E-state index is 0.0871. The summed E-state index contributed by atoms with van der Waals surface area (Å²) < 4.78 is 29.0. The first kappa shape index (κ1) is 29.9. The molecule has 0 spiro atoms. The number of sulfonamides is 1. The Morgan fingerprint density at radius 1 is 0.872 bits per heavy atom. The number of aryl methyl sites for hydroxylation is 2. The molecule has 39 heavy (non-hydrogen) atoms. The van der Waals surface area contributed by atoms with Crippen LogP contribution in [0, 0.1) is 13.8 Å². The number of amides is 2. The molecule has 1 atom stereocenters. The fourth-order valence-corrected chi connectivity index (χ4v) is 5.91. The van der Waals surface area contributed by atoms with E-state index >= 15 is 0 Å². The minimum atomic E-state index is -4.09. The number of benzene rings is 3. The lowest BCUT2D eigenvalue weighted by Crippen LogP contribution is -2.55. The van der Waals surface area contributed by atoms with Crippen LogP contribution in [-0.4, -0.2) is 43.3 Å². The van der Waals surface area contributed by atoms with Crippen LogP contribution in [0.15, 0.2) is 83.8 Å². The molecule has 0 fully saturated rings. The van der Waals surface area contributed by atoms with Gasteiger partial charge < -0.3 is 10.2 Å². The van der Waals surface area contributed by atoms with Crippen LogP contribution >= 0.6 is 0 Å². The average molecular weight is 550 g/mol. The summed E-state index contributed by atoms with van der Waals surface area (Å²) in [6, 6.07) is 22.2. The zero-order valence-electron chi connectivity index (χ0n) is 23.6. The van der Waals surface area contributed by atoms with Crippen LogP contribution in [0.3, 0.4) is 0 Å². The molecule has 1 N–H and O–H groups in total. The Bertz CT molecular complexity index is 1360. The summed E-state index contributed by atoms with van der Waals surface area (Å²) in [5.74, 6) is -0.744. The van der Waals surface area contributed by atoms with Crippen molar-refractivity contribution in [3.05, 3.63) is 95.6 Å². The van der Waals surface area contributed by atoms with E-state index in [1.54, 1.807) is 30.3 Å². The highest BCUT2D eigenvalue weighted by molar-refractivity contribution is 7.92. The van der Waals surface area contributed by atoms with Crippen LogP contribution in [0.25, 0.3) is 0 Å². The Labute approximate surface area is 232 Å². The molecule has 3 aromatic carbocycles. The van der Waals surface area contributed by atoms with Gasteiger partial charge in [-0.25, -0.2) is 8.42 Å². The van der Waals surface area contributed by atoms with E-state index in [9.17, 15) is 18.0 Å². The maximum Gasteiger partial charge on any atom is 0.264 e. The molecule has 0 saturated carbocycles. The Balaban J connectivity index is 2.08. The Hall–Kier alpha value is -3.65. The van der Waals surface area contributed by atoms with E-state index < -0.39 is 34.1 Å². The van der Waals surface area contributed by atoms with Crippen LogP contribution in [-0.2, 0) is 26.2 Å². The molecule has 208 valence electrons. The van der Waals surface area contributed by atoms with Gasteiger partial charge in [0.05, 0.1) is 10.6 Å². The molecule has 7 nitrogen and oxygen atoms in total. The number of nitrogens with zero attached hydrogens (tertiary/aromatic N) is 2. The number of carbonyl (C=O) groups is 2. The molecule has 3 aromatic rings. The van der Waals surface area contributed by atoms with Crippen molar-refractivity contribution in [2.45, 2.75) is 71.0 Å². The van der Waals surface area contributed by atoms with Crippen molar-refractivity contribution >= 4 is 27.5 Å². The van der Waals surface area contributed by atoms with Crippen LogP contribution < -0.4 is 9.62 Å². The summed E-state index contributed by atoms with van der Waals surface area (Å²) in [5.41, 5.74) is 2.51. The van der Waals surface area contributed by atoms with E-state index in [0.717, 1.165) is 21.0 Å². The van der Waals surface area contributed by atoms with E-state index in [-0.39, 0.29) is 17.3 Å². The second-order valence-electron chi connectivity index (χ2n) is 10.8. The van der Waals surface area contributed by atoms with E-state index in [4.69, 9.17) is 0 Å². The summed E-state index contributed by atoms with van der Waals surface area (Å²) in [5, 5.41) is 2.98. The SMILES string of the molecule is CCC(C(=O)NC(C)(C)C)N(Cc1ccccc1)C(=O)CN(c1cc(C)cc(C)c1)S(=O)(=O)c1ccccc1. The lowest BCUT2D eigenvalue weighted by atomic mass is 10.1.